The first-order valence-corrected chi connectivity index (χ1v) is 6.00. The zero-order chi connectivity index (χ0) is 15.8. The third-order valence-corrected chi connectivity index (χ3v) is 2.34. The Hall–Kier alpha value is -2.84. The molecule has 0 aliphatic rings. The highest BCUT2D eigenvalue weighted by atomic mass is 16.6. The number of nitrogens with zero attached hydrogens (tertiary/aromatic N) is 1. The molecule has 0 fully saturated rings. The number of ether oxygens (including phenoxy) is 2. The number of nitro benzene ring substituents is 1. The van der Waals surface area contributed by atoms with Crippen LogP contribution in [0.2, 0.25) is 0 Å². The molecule has 1 rings (SSSR count). The van der Waals surface area contributed by atoms with Crippen molar-refractivity contribution in [2.45, 2.75) is 6.92 Å². The average Bonchev–Trinajstić information content (AvgIpc) is 2.45. The lowest BCUT2D eigenvalue weighted by Crippen LogP contribution is -2.34. The minimum Gasteiger partial charge on any atom is -0.494 e. The molecule has 9 nitrogen and oxygen atoms in total. The van der Waals surface area contributed by atoms with Crippen molar-refractivity contribution in [1.82, 2.24) is 5.32 Å². The molecular formula is C12H15N3O6. The second kappa shape index (κ2) is 7.68. The molecule has 0 saturated heterocycles. The molecule has 0 spiro atoms. The van der Waals surface area contributed by atoms with Gasteiger partial charge in [0.2, 0.25) is 0 Å². The van der Waals surface area contributed by atoms with Gasteiger partial charge in [-0.15, -0.1) is 0 Å². The molecule has 9 heteroatoms. The Kier molecular flexibility index (Phi) is 5.93. The molecule has 1 aromatic rings. The van der Waals surface area contributed by atoms with Crippen LogP contribution in [-0.4, -0.2) is 37.2 Å². The highest BCUT2D eigenvalue weighted by Gasteiger charge is 2.13. The Morgan fingerprint density at radius 1 is 1.38 bits per heavy atom. The van der Waals surface area contributed by atoms with Crippen molar-refractivity contribution in [3.8, 4) is 5.75 Å². The predicted molar refractivity (Wildman–Crippen MR) is 73.3 cm³/mol. The number of amides is 2. The van der Waals surface area contributed by atoms with E-state index in [1.54, 1.807) is 6.92 Å². The van der Waals surface area contributed by atoms with Crippen LogP contribution in [0.5, 0.6) is 5.75 Å². The highest BCUT2D eigenvalue weighted by Crippen LogP contribution is 2.28. The highest BCUT2D eigenvalue weighted by molar-refractivity contribution is 5.93. The number of anilines is 1. The molecule has 0 aliphatic carbocycles. The molecule has 0 radical (unpaired) electrons. The molecule has 0 aliphatic heterocycles. The Labute approximate surface area is 120 Å². The number of hydrogen-bond acceptors (Lipinski definition) is 6. The van der Waals surface area contributed by atoms with Gasteiger partial charge in [0.05, 0.1) is 30.4 Å². The maximum absolute atomic E-state index is 11.6. The van der Waals surface area contributed by atoms with Crippen molar-refractivity contribution >= 4 is 23.4 Å². The van der Waals surface area contributed by atoms with Crippen LogP contribution < -0.4 is 15.4 Å². The number of methoxy groups -OCH3 is 1. The van der Waals surface area contributed by atoms with Crippen molar-refractivity contribution in [2.24, 2.45) is 0 Å². The second-order valence-electron chi connectivity index (χ2n) is 3.75. The Balaban J connectivity index is 2.67. The van der Waals surface area contributed by atoms with Gasteiger partial charge in [0, 0.05) is 6.07 Å². The molecule has 0 unspecified atom stereocenters. The van der Waals surface area contributed by atoms with Crippen LogP contribution in [0.3, 0.4) is 0 Å². The third-order valence-electron chi connectivity index (χ3n) is 2.34. The van der Waals surface area contributed by atoms with Crippen molar-refractivity contribution < 1.29 is 24.0 Å². The maximum Gasteiger partial charge on any atom is 0.325 e. The molecule has 114 valence electrons. The molecule has 0 heterocycles. The summed E-state index contributed by atoms with van der Waals surface area (Å²) in [6.45, 7) is 1.59. The van der Waals surface area contributed by atoms with Crippen molar-refractivity contribution in [1.29, 1.82) is 0 Å². The number of esters is 1. The number of non-ortho nitro benzene ring substituents is 1. The van der Waals surface area contributed by atoms with Crippen LogP contribution in [0.15, 0.2) is 18.2 Å². The Morgan fingerprint density at radius 3 is 2.67 bits per heavy atom. The molecule has 0 saturated carbocycles. The van der Waals surface area contributed by atoms with E-state index in [1.807, 2.05) is 0 Å². The fraction of sp³-hybridized carbons (Fsp3) is 0.333. The second-order valence-corrected chi connectivity index (χ2v) is 3.75. The molecule has 2 N–H and O–H groups in total. The number of urea groups is 1. The quantitative estimate of drug-likeness (QED) is 0.463. The SMILES string of the molecule is CCOC(=O)CNC(=O)Nc1ccc([N+](=O)[O-])cc1OC. The van der Waals surface area contributed by atoms with Gasteiger partial charge in [0.25, 0.3) is 5.69 Å². The average molecular weight is 297 g/mol. The van der Waals surface area contributed by atoms with Gasteiger partial charge in [-0.2, -0.15) is 0 Å². The fourth-order valence-electron chi connectivity index (χ4n) is 1.43. The largest absolute Gasteiger partial charge is 0.494 e. The van der Waals surface area contributed by atoms with Gasteiger partial charge in [-0.1, -0.05) is 0 Å². The van der Waals surface area contributed by atoms with Gasteiger partial charge in [-0.3, -0.25) is 14.9 Å². The summed E-state index contributed by atoms with van der Waals surface area (Å²) in [5.41, 5.74) is 0.0776. The van der Waals surface area contributed by atoms with E-state index >= 15 is 0 Å². The zero-order valence-electron chi connectivity index (χ0n) is 11.5. The number of carbonyl (C=O) groups excluding carboxylic acids is 2. The molecular weight excluding hydrogens is 282 g/mol. The minimum atomic E-state index is -0.657. The monoisotopic (exact) mass is 297 g/mol. The lowest BCUT2D eigenvalue weighted by molar-refractivity contribution is -0.384. The maximum atomic E-state index is 11.6. The standard InChI is InChI=1S/C12H15N3O6/c1-3-21-11(16)7-13-12(17)14-9-5-4-8(15(18)19)6-10(9)20-2/h4-6H,3,7H2,1-2H3,(H2,13,14,17). The fourth-order valence-corrected chi connectivity index (χ4v) is 1.43. The lowest BCUT2D eigenvalue weighted by atomic mass is 10.2. The van der Waals surface area contributed by atoms with E-state index in [2.05, 4.69) is 15.4 Å². The van der Waals surface area contributed by atoms with Crippen LogP contribution in [0.1, 0.15) is 6.92 Å². The number of nitro groups is 1. The molecule has 2 amide bonds. The van der Waals surface area contributed by atoms with E-state index in [-0.39, 0.29) is 30.3 Å². The van der Waals surface area contributed by atoms with Gasteiger partial charge in [0.1, 0.15) is 12.3 Å². The summed E-state index contributed by atoms with van der Waals surface area (Å²) in [7, 11) is 1.32. The molecule has 0 aromatic heterocycles. The van der Waals surface area contributed by atoms with Crippen LogP contribution in [0, 0.1) is 10.1 Å². The van der Waals surface area contributed by atoms with E-state index in [1.165, 1.54) is 25.3 Å². The van der Waals surface area contributed by atoms with Gasteiger partial charge in [-0.25, -0.2) is 4.79 Å². The van der Waals surface area contributed by atoms with Crippen LogP contribution in [-0.2, 0) is 9.53 Å². The first-order valence-electron chi connectivity index (χ1n) is 6.00. The predicted octanol–water partition coefficient (Wildman–Crippen LogP) is 1.29. The molecule has 21 heavy (non-hydrogen) atoms. The van der Waals surface area contributed by atoms with Crippen LogP contribution >= 0.6 is 0 Å². The smallest absolute Gasteiger partial charge is 0.325 e. The van der Waals surface area contributed by atoms with Gasteiger partial charge < -0.3 is 20.1 Å². The normalized spacial score (nSPS) is 9.62. The number of nitrogens with one attached hydrogen (secondary N) is 2. The van der Waals surface area contributed by atoms with Crippen LogP contribution in [0.25, 0.3) is 0 Å². The molecule has 0 atom stereocenters. The van der Waals surface area contributed by atoms with Gasteiger partial charge in [0.15, 0.2) is 0 Å². The minimum absolute atomic E-state index is 0.135. The van der Waals surface area contributed by atoms with Gasteiger partial charge in [-0.05, 0) is 13.0 Å². The summed E-state index contributed by atoms with van der Waals surface area (Å²) in [6.07, 6.45) is 0. The van der Waals surface area contributed by atoms with Crippen molar-refractivity contribution in [3.63, 3.8) is 0 Å². The Bertz CT molecular complexity index is 546. The molecule has 1 aromatic carbocycles. The summed E-state index contributed by atoms with van der Waals surface area (Å²) < 4.78 is 9.61. The van der Waals surface area contributed by atoms with E-state index in [4.69, 9.17) is 4.74 Å². The first kappa shape index (κ1) is 16.2. The number of carbonyl (C=O) groups is 2. The zero-order valence-corrected chi connectivity index (χ0v) is 11.5. The summed E-state index contributed by atoms with van der Waals surface area (Å²) >= 11 is 0. The van der Waals surface area contributed by atoms with E-state index < -0.39 is 16.9 Å². The van der Waals surface area contributed by atoms with Crippen molar-refractivity contribution in [3.05, 3.63) is 28.3 Å². The van der Waals surface area contributed by atoms with E-state index in [0.717, 1.165) is 0 Å². The number of hydrogen-bond donors (Lipinski definition) is 2. The summed E-state index contributed by atoms with van der Waals surface area (Å²) in [4.78, 5) is 32.7. The summed E-state index contributed by atoms with van der Waals surface area (Å²) in [6, 6.07) is 3.08. The third kappa shape index (κ3) is 4.97. The summed E-state index contributed by atoms with van der Waals surface area (Å²) in [5.74, 6) is -0.432. The molecule has 0 bridgehead atoms. The number of benzene rings is 1. The Morgan fingerprint density at radius 2 is 2.10 bits per heavy atom. The van der Waals surface area contributed by atoms with E-state index in [9.17, 15) is 19.7 Å². The topological polar surface area (TPSA) is 120 Å². The lowest BCUT2D eigenvalue weighted by Gasteiger charge is -2.10. The first-order chi connectivity index (χ1) is 9.97. The van der Waals surface area contributed by atoms with E-state index in [0.29, 0.717) is 0 Å². The summed E-state index contributed by atoms with van der Waals surface area (Å²) in [5, 5.41) is 15.4. The number of rotatable bonds is 6. The van der Waals surface area contributed by atoms with Crippen LogP contribution in [0.4, 0.5) is 16.2 Å². The van der Waals surface area contributed by atoms with Gasteiger partial charge >= 0.3 is 12.0 Å². The van der Waals surface area contributed by atoms with Crippen molar-refractivity contribution in [2.75, 3.05) is 25.6 Å².